The van der Waals surface area contributed by atoms with Gasteiger partial charge < -0.3 is 0 Å². The van der Waals surface area contributed by atoms with Gasteiger partial charge in [0.05, 0.1) is 0 Å². The van der Waals surface area contributed by atoms with Crippen LogP contribution in [0.5, 0.6) is 0 Å². The molecule has 0 N–H and O–H groups in total. The van der Waals surface area contributed by atoms with Crippen molar-refractivity contribution >= 4 is 50.2 Å². The summed E-state index contributed by atoms with van der Waals surface area (Å²) >= 11 is 2.18. The van der Waals surface area contributed by atoms with Crippen LogP contribution in [0.2, 0.25) is 0 Å². The minimum atomic E-state index is 0. The Bertz CT molecular complexity index is 14.4. The third-order valence-corrected chi connectivity index (χ3v) is 0. The van der Waals surface area contributed by atoms with E-state index < -0.39 is 0 Å². The Kier molecular flexibility index (Phi) is 11.0. The second kappa shape index (κ2) is 5.61. The number of halogens is 1. The summed E-state index contributed by atoms with van der Waals surface area (Å²) in [5.41, 5.74) is 0. The van der Waals surface area contributed by atoms with Gasteiger partial charge in [-0.25, -0.2) is 0 Å². The molecule has 0 unspecified atom stereocenters. The molecule has 32 valence electrons. The van der Waals surface area contributed by atoms with E-state index in [0.717, 1.165) is 0 Å². The van der Waals surface area contributed by atoms with Crippen LogP contribution in [-0.4, -0.2) is 44.5 Å². The van der Waals surface area contributed by atoms with Gasteiger partial charge in [0.1, 0.15) is 0 Å². The summed E-state index contributed by atoms with van der Waals surface area (Å²) in [6.07, 6.45) is 0. The first kappa shape index (κ1) is 9.79. The van der Waals surface area contributed by atoms with E-state index in [-0.39, 0.29) is 27.3 Å². The molecule has 0 saturated carbocycles. The van der Waals surface area contributed by atoms with Gasteiger partial charge in [-0.2, -0.15) is 0 Å². The van der Waals surface area contributed by atoms with E-state index in [1.807, 2.05) is 17.2 Å². The topological polar surface area (TPSA) is 3.24 Å². The summed E-state index contributed by atoms with van der Waals surface area (Å²) in [6.45, 7) is 0. The SMILES string of the molecule is CN(C)I.[PbH2]. The maximum atomic E-state index is 2.18. The molecule has 0 spiro atoms. The van der Waals surface area contributed by atoms with Crippen molar-refractivity contribution in [3.63, 3.8) is 0 Å². The Hall–Kier alpha value is 1.61. The molecule has 0 aromatic heterocycles. The van der Waals surface area contributed by atoms with Gasteiger partial charge in [0, 0.05) is 22.9 Å². The predicted octanol–water partition coefficient (Wildman–Crippen LogP) is -0.0182. The summed E-state index contributed by atoms with van der Waals surface area (Å²) < 4.78 is 1.97. The second-order valence-corrected chi connectivity index (χ2v) is 2.72. The third-order valence-electron chi connectivity index (χ3n) is 0. The van der Waals surface area contributed by atoms with Crippen molar-refractivity contribution in [2.24, 2.45) is 0 Å². The van der Waals surface area contributed by atoms with Gasteiger partial charge in [-0.3, -0.25) is 3.11 Å². The molecule has 0 amide bonds. The molecule has 0 aliphatic heterocycles. The molecular formula is C2H8INPb. The first-order valence-corrected chi connectivity index (χ1v) is 2.03. The van der Waals surface area contributed by atoms with Crippen molar-refractivity contribution in [1.82, 2.24) is 3.11 Å². The van der Waals surface area contributed by atoms with Crippen molar-refractivity contribution in [3.05, 3.63) is 0 Å². The molecule has 0 aliphatic carbocycles. The molecule has 0 saturated heterocycles. The fourth-order valence-electron chi connectivity index (χ4n) is 0. The molecule has 0 aromatic rings. The summed E-state index contributed by atoms with van der Waals surface area (Å²) in [7, 11) is 3.97. The molecule has 5 heavy (non-hydrogen) atoms. The molecule has 0 atom stereocenters. The van der Waals surface area contributed by atoms with Gasteiger partial charge in [-0.15, -0.1) is 0 Å². The second-order valence-electron chi connectivity index (χ2n) is 0.785. The minimum absolute atomic E-state index is 0. The molecule has 0 aliphatic rings. The fourth-order valence-corrected chi connectivity index (χ4v) is 0. The number of hydrogen-bond acceptors (Lipinski definition) is 1. The normalized spacial score (nSPS) is 7.20. The van der Waals surface area contributed by atoms with Crippen LogP contribution in [0.4, 0.5) is 0 Å². The number of rotatable bonds is 0. The summed E-state index contributed by atoms with van der Waals surface area (Å²) in [5, 5.41) is 0. The molecule has 0 heterocycles. The molecule has 3 heteroatoms. The monoisotopic (exact) mass is 381 g/mol. The zero-order valence-corrected chi connectivity index (χ0v) is 11.2. The van der Waals surface area contributed by atoms with Crippen LogP contribution in [0.1, 0.15) is 0 Å². The quantitative estimate of drug-likeness (QED) is 0.325. The van der Waals surface area contributed by atoms with E-state index in [4.69, 9.17) is 0 Å². The molecule has 0 fully saturated rings. The molecule has 1 nitrogen and oxygen atoms in total. The van der Waals surface area contributed by atoms with Crippen LogP contribution >= 0.6 is 22.9 Å². The van der Waals surface area contributed by atoms with Crippen LogP contribution < -0.4 is 0 Å². The van der Waals surface area contributed by atoms with Gasteiger partial charge in [0.2, 0.25) is 0 Å². The Morgan fingerprint density at radius 1 is 1.40 bits per heavy atom. The molecule has 0 bridgehead atoms. The Morgan fingerprint density at radius 2 is 1.40 bits per heavy atom. The summed E-state index contributed by atoms with van der Waals surface area (Å²) in [4.78, 5) is 0. The summed E-state index contributed by atoms with van der Waals surface area (Å²) in [5.74, 6) is 0. The Labute approximate surface area is 66.8 Å². The molecule has 0 aromatic carbocycles. The Morgan fingerprint density at radius 3 is 1.40 bits per heavy atom. The van der Waals surface area contributed by atoms with Gasteiger partial charge in [-0.1, -0.05) is 0 Å². The fraction of sp³-hybridized carbons (Fsp3) is 1.00. The van der Waals surface area contributed by atoms with Crippen molar-refractivity contribution in [3.8, 4) is 0 Å². The van der Waals surface area contributed by atoms with Crippen molar-refractivity contribution in [2.45, 2.75) is 0 Å². The van der Waals surface area contributed by atoms with Gasteiger partial charge in [0.25, 0.3) is 0 Å². The number of hydrogen-bond donors (Lipinski definition) is 0. The predicted molar refractivity (Wildman–Crippen MR) is 36.3 cm³/mol. The van der Waals surface area contributed by atoms with Crippen LogP contribution in [0, 0.1) is 0 Å². The van der Waals surface area contributed by atoms with Crippen molar-refractivity contribution < 1.29 is 0 Å². The third kappa shape index (κ3) is 28.2. The Balaban J connectivity index is 0. The molecular weight excluding hydrogens is 372 g/mol. The van der Waals surface area contributed by atoms with Gasteiger partial charge in [0.15, 0.2) is 0 Å². The van der Waals surface area contributed by atoms with Gasteiger partial charge in [-0.05, 0) is 14.1 Å². The maximum absolute atomic E-state index is 2.18. The average Bonchev–Trinajstić information content (AvgIpc) is 0.811. The van der Waals surface area contributed by atoms with E-state index in [1.165, 1.54) is 0 Å². The van der Waals surface area contributed by atoms with Crippen LogP contribution in [-0.2, 0) is 0 Å². The zero-order valence-electron chi connectivity index (χ0n) is 3.53. The average molecular weight is 380 g/mol. The first-order valence-electron chi connectivity index (χ1n) is 1.06. The standard InChI is InChI=1S/C2H6IN.Pb.2H/c1-4(2)3;;;/h1-2H3;;;. The van der Waals surface area contributed by atoms with E-state index >= 15 is 0 Å². The van der Waals surface area contributed by atoms with E-state index in [9.17, 15) is 0 Å². The zero-order chi connectivity index (χ0) is 3.58. The van der Waals surface area contributed by atoms with Crippen LogP contribution in [0.25, 0.3) is 0 Å². The van der Waals surface area contributed by atoms with Crippen LogP contribution in [0.15, 0.2) is 0 Å². The van der Waals surface area contributed by atoms with Crippen LogP contribution in [0.3, 0.4) is 0 Å². The summed E-state index contributed by atoms with van der Waals surface area (Å²) in [6, 6.07) is 0. The van der Waals surface area contributed by atoms with Crippen molar-refractivity contribution in [2.75, 3.05) is 14.1 Å². The van der Waals surface area contributed by atoms with Crippen molar-refractivity contribution in [1.29, 1.82) is 0 Å². The molecule has 2 radical (unpaired) electrons. The van der Waals surface area contributed by atoms with E-state index in [2.05, 4.69) is 22.9 Å². The first-order chi connectivity index (χ1) is 1.73. The van der Waals surface area contributed by atoms with E-state index in [1.54, 1.807) is 0 Å². The van der Waals surface area contributed by atoms with E-state index in [0.29, 0.717) is 0 Å². The molecule has 0 rings (SSSR count). The van der Waals surface area contributed by atoms with Gasteiger partial charge >= 0.3 is 27.3 Å². The number of nitrogens with zero attached hydrogens (tertiary/aromatic N) is 1.